The fourth-order valence-corrected chi connectivity index (χ4v) is 3.43. The smallest absolute Gasteiger partial charge is 0.243 e. The van der Waals surface area contributed by atoms with Gasteiger partial charge in [-0.3, -0.25) is 0 Å². The number of hydrogen-bond donors (Lipinski definition) is 2. The number of anilines is 1. The average molecular weight is 306 g/mol. The molecule has 0 aliphatic rings. The van der Waals surface area contributed by atoms with Gasteiger partial charge < -0.3 is 10.8 Å². The van der Waals surface area contributed by atoms with Gasteiger partial charge in [-0.25, -0.2) is 8.42 Å². The molecule has 0 atom stereocenters. The van der Waals surface area contributed by atoms with Crippen molar-refractivity contribution in [2.24, 2.45) is 0 Å². The number of aromatic hydroxyl groups is 1. The van der Waals surface area contributed by atoms with Gasteiger partial charge in [0.05, 0.1) is 4.90 Å². The van der Waals surface area contributed by atoms with Crippen LogP contribution in [0.15, 0.2) is 47.4 Å². The third-order valence-corrected chi connectivity index (χ3v) is 5.30. The average Bonchev–Trinajstić information content (AvgIpc) is 2.44. The Bertz CT molecular complexity index is 740. The minimum atomic E-state index is -3.61. The lowest BCUT2D eigenvalue weighted by Crippen LogP contribution is -2.27. The van der Waals surface area contributed by atoms with Crippen molar-refractivity contribution < 1.29 is 13.5 Å². The van der Waals surface area contributed by atoms with Gasteiger partial charge in [-0.1, -0.05) is 18.2 Å². The number of sulfonamides is 1. The zero-order valence-electron chi connectivity index (χ0n) is 11.9. The van der Waals surface area contributed by atoms with Gasteiger partial charge in [0.1, 0.15) is 5.75 Å². The van der Waals surface area contributed by atoms with Crippen LogP contribution >= 0.6 is 0 Å². The van der Waals surface area contributed by atoms with E-state index >= 15 is 0 Å². The van der Waals surface area contributed by atoms with Crippen LogP contribution in [0.3, 0.4) is 0 Å². The molecular weight excluding hydrogens is 288 g/mol. The number of hydrogen-bond acceptors (Lipinski definition) is 4. The van der Waals surface area contributed by atoms with Crippen molar-refractivity contribution in [1.29, 1.82) is 0 Å². The minimum absolute atomic E-state index is 0.149. The second-order valence-electron chi connectivity index (χ2n) is 4.90. The number of nitrogens with zero attached hydrogens (tertiary/aromatic N) is 1. The third kappa shape index (κ3) is 3.17. The Balaban J connectivity index is 2.30. The number of phenolic OH excluding ortho intramolecular Hbond substituents is 1. The molecule has 0 saturated heterocycles. The van der Waals surface area contributed by atoms with Crippen molar-refractivity contribution in [2.45, 2.75) is 18.4 Å². The number of nitrogens with two attached hydrogens (primary N) is 1. The summed E-state index contributed by atoms with van der Waals surface area (Å²) >= 11 is 0. The lowest BCUT2D eigenvalue weighted by molar-refractivity contribution is 0.463. The van der Waals surface area contributed by atoms with E-state index < -0.39 is 10.0 Å². The predicted molar refractivity (Wildman–Crippen MR) is 82.4 cm³/mol. The first-order chi connectivity index (χ1) is 9.82. The molecule has 0 bridgehead atoms. The molecular formula is C15H18N2O3S. The Morgan fingerprint density at radius 3 is 2.38 bits per heavy atom. The Labute approximate surface area is 124 Å². The maximum Gasteiger partial charge on any atom is 0.243 e. The van der Waals surface area contributed by atoms with Crippen LogP contribution < -0.4 is 5.73 Å². The van der Waals surface area contributed by atoms with Gasteiger partial charge in [0.2, 0.25) is 10.0 Å². The van der Waals surface area contributed by atoms with E-state index in [0.29, 0.717) is 11.3 Å². The summed E-state index contributed by atoms with van der Waals surface area (Å²) in [4.78, 5) is 0.212. The topological polar surface area (TPSA) is 83.6 Å². The molecule has 6 heteroatoms. The normalized spacial score (nSPS) is 11.8. The van der Waals surface area contributed by atoms with Crippen molar-refractivity contribution in [3.63, 3.8) is 0 Å². The van der Waals surface area contributed by atoms with Gasteiger partial charge in [0.15, 0.2) is 0 Å². The summed E-state index contributed by atoms with van der Waals surface area (Å²) in [5.74, 6) is 0.149. The lowest BCUT2D eigenvalue weighted by atomic mass is 10.2. The summed E-state index contributed by atoms with van der Waals surface area (Å²) in [5.41, 5.74) is 7.57. The first-order valence-corrected chi connectivity index (χ1v) is 7.85. The Kier molecular flexibility index (Phi) is 4.20. The van der Waals surface area contributed by atoms with Gasteiger partial charge in [-0.2, -0.15) is 4.31 Å². The van der Waals surface area contributed by atoms with Crippen LogP contribution in [-0.2, 0) is 16.6 Å². The molecule has 0 aliphatic carbocycles. The Hall–Kier alpha value is -2.05. The molecule has 2 aromatic rings. The summed E-state index contributed by atoms with van der Waals surface area (Å²) in [6.45, 7) is 1.91. The number of nitrogen functional groups attached to an aromatic ring is 1. The Morgan fingerprint density at radius 1 is 1.14 bits per heavy atom. The van der Waals surface area contributed by atoms with Crippen molar-refractivity contribution in [3.05, 3.63) is 53.6 Å². The molecule has 2 aromatic carbocycles. The standard InChI is InChI=1S/C15H18N2O3S/c1-11-14(16)4-3-5-15(11)21(19,20)17(2)10-12-6-8-13(18)9-7-12/h3-9,18H,10,16H2,1-2H3. The molecule has 112 valence electrons. The maximum absolute atomic E-state index is 12.6. The molecule has 0 amide bonds. The molecule has 0 heterocycles. The molecule has 3 N–H and O–H groups in total. The largest absolute Gasteiger partial charge is 0.508 e. The highest BCUT2D eigenvalue weighted by Crippen LogP contribution is 2.24. The van der Waals surface area contributed by atoms with Crippen molar-refractivity contribution in [3.8, 4) is 5.75 Å². The molecule has 0 aromatic heterocycles. The van der Waals surface area contributed by atoms with Gasteiger partial charge >= 0.3 is 0 Å². The SMILES string of the molecule is Cc1c(N)cccc1S(=O)(=O)N(C)Cc1ccc(O)cc1. The summed E-state index contributed by atoms with van der Waals surface area (Å²) < 4.78 is 26.5. The zero-order valence-corrected chi connectivity index (χ0v) is 12.8. The van der Waals surface area contributed by atoms with E-state index in [1.807, 2.05) is 0 Å². The number of benzene rings is 2. The van der Waals surface area contributed by atoms with E-state index in [4.69, 9.17) is 5.73 Å². The summed E-state index contributed by atoms with van der Waals surface area (Å²) in [6.07, 6.45) is 0. The fourth-order valence-electron chi connectivity index (χ4n) is 2.02. The molecule has 0 fully saturated rings. The van der Waals surface area contributed by atoms with E-state index in [9.17, 15) is 13.5 Å². The van der Waals surface area contributed by atoms with Crippen LogP contribution in [0.25, 0.3) is 0 Å². The van der Waals surface area contributed by atoms with Gasteiger partial charge in [0.25, 0.3) is 0 Å². The highest BCUT2D eigenvalue weighted by Gasteiger charge is 2.23. The van der Waals surface area contributed by atoms with Crippen LogP contribution in [0.1, 0.15) is 11.1 Å². The van der Waals surface area contributed by atoms with Crippen molar-refractivity contribution in [2.75, 3.05) is 12.8 Å². The minimum Gasteiger partial charge on any atom is -0.508 e. The van der Waals surface area contributed by atoms with E-state index in [-0.39, 0.29) is 17.2 Å². The second-order valence-corrected chi connectivity index (χ2v) is 6.91. The number of phenols is 1. The van der Waals surface area contributed by atoms with Crippen LogP contribution in [0.2, 0.25) is 0 Å². The third-order valence-electron chi connectivity index (χ3n) is 3.36. The van der Waals surface area contributed by atoms with Crippen LogP contribution in [0, 0.1) is 6.92 Å². The predicted octanol–water partition coefficient (Wildman–Crippen LogP) is 2.10. The first kappa shape index (κ1) is 15.3. The molecule has 5 nitrogen and oxygen atoms in total. The molecule has 21 heavy (non-hydrogen) atoms. The highest BCUT2D eigenvalue weighted by atomic mass is 32.2. The van der Waals surface area contributed by atoms with Crippen LogP contribution in [0.4, 0.5) is 5.69 Å². The molecule has 0 spiro atoms. The maximum atomic E-state index is 12.6. The van der Waals surface area contributed by atoms with Crippen molar-refractivity contribution >= 4 is 15.7 Å². The highest BCUT2D eigenvalue weighted by molar-refractivity contribution is 7.89. The van der Waals surface area contributed by atoms with Gasteiger partial charge in [0, 0.05) is 19.3 Å². The lowest BCUT2D eigenvalue weighted by Gasteiger charge is -2.19. The van der Waals surface area contributed by atoms with E-state index in [1.54, 1.807) is 37.3 Å². The monoisotopic (exact) mass is 306 g/mol. The summed E-state index contributed by atoms with van der Waals surface area (Å²) in [7, 11) is -2.09. The molecule has 0 unspecified atom stereocenters. The van der Waals surface area contributed by atoms with E-state index in [2.05, 4.69) is 0 Å². The zero-order chi connectivity index (χ0) is 15.6. The quantitative estimate of drug-likeness (QED) is 0.847. The van der Waals surface area contributed by atoms with E-state index in [0.717, 1.165) is 5.56 Å². The van der Waals surface area contributed by atoms with Crippen LogP contribution in [-0.4, -0.2) is 24.9 Å². The van der Waals surface area contributed by atoms with Crippen molar-refractivity contribution in [1.82, 2.24) is 4.31 Å². The number of rotatable bonds is 4. The van der Waals surface area contributed by atoms with Gasteiger partial charge in [-0.05, 0) is 42.3 Å². The molecule has 2 rings (SSSR count). The summed E-state index contributed by atoms with van der Waals surface area (Å²) in [6, 6.07) is 11.3. The Morgan fingerprint density at radius 2 is 1.76 bits per heavy atom. The fraction of sp³-hybridized carbons (Fsp3) is 0.200. The van der Waals surface area contributed by atoms with Gasteiger partial charge in [-0.15, -0.1) is 0 Å². The second kappa shape index (κ2) is 5.75. The molecule has 0 radical (unpaired) electrons. The molecule has 0 aliphatic heterocycles. The summed E-state index contributed by atoms with van der Waals surface area (Å²) in [5, 5.41) is 9.25. The first-order valence-electron chi connectivity index (χ1n) is 6.41. The van der Waals surface area contributed by atoms with E-state index in [1.165, 1.54) is 23.5 Å². The van der Waals surface area contributed by atoms with Crippen LogP contribution in [0.5, 0.6) is 5.75 Å². The molecule has 0 saturated carbocycles.